The molecular weight excluding hydrogens is 218 g/mol. The monoisotopic (exact) mass is 237 g/mol. The Labute approximate surface area is 101 Å². The number of rotatable bonds is 6. The van der Waals surface area contributed by atoms with Crippen molar-refractivity contribution in [2.75, 3.05) is 27.2 Å². The van der Waals surface area contributed by atoms with Crippen molar-refractivity contribution in [2.45, 2.75) is 6.54 Å². The molecule has 1 aromatic rings. The molecule has 1 heterocycles. The zero-order valence-corrected chi connectivity index (χ0v) is 10.3. The summed E-state index contributed by atoms with van der Waals surface area (Å²) in [4.78, 5) is 12.7. The minimum absolute atomic E-state index is 0.0775. The quantitative estimate of drug-likeness (QED) is 0.702. The molecule has 1 rings (SSSR count). The van der Waals surface area contributed by atoms with E-state index >= 15 is 0 Å². The predicted octanol–water partition coefficient (Wildman–Crippen LogP) is 0.344. The minimum atomic E-state index is -0.0775. The topological polar surface area (TPSA) is 62.2 Å². The highest BCUT2D eigenvalue weighted by atomic mass is 16.2. The Bertz CT molecular complexity index is 372. The van der Waals surface area contributed by atoms with Gasteiger partial charge in [0.15, 0.2) is 0 Å². The highest BCUT2D eigenvalue weighted by Crippen LogP contribution is 1.96. The maximum atomic E-state index is 11.2. The average Bonchev–Trinajstić information content (AvgIpc) is 2.76. The van der Waals surface area contributed by atoms with E-state index in [1.165, 1.54) is 4.90 Å². The van der Waals surface area contributed by atoms with Gasteiger partial charge in [0.2, 0.25) is 0 Å². The van der Waals surface area contributed by atoms with Crippen LogP contribution in [0.3, 0.4) is 0 Å². The van der Waals surface area contributed by atoms with Crippen LogP contribution in [0.1, 0.15) is 5.56 Å². The summed E-state index contributed by atoms with van der Waals surface area (Å²) in [6, 6.07) is -0.0775. The molecule has 0 saturated carbocycles. The van der Waals surface area contributed by atoms with E-state index in [0.717, 1.165) is 18.7 Å². The molecule has 17 heavy (non-hydrogen) atoms. The summed E-state index contributed by atoms with van der Waals surface area (Å²) in [5, 5.41) is 10.1. The number of hydrogen-bond donors (Lipinski definition) is 2. The van der Waals surface area contributed by atoms with Crippen molar-refractivity contribution in [3.63, 3.8) is 0 Å². The third-order valence-corrected chi connectivity index (χ3v) is 2.16. The SMILES string of the molecule is C=Cn1cc(CNCCNC(=O)N(C)C)cn1. The van der Waals surface area contributed by atoms with E-state index in [2.05, 4.69) is 22.3 Å². The number of carbonyl (C=O) groups excluding carboxylic acids is 1. The second kappa shape index (κ2) is 6.70. The van der Waals surface area contributed by atoms with Crippen LogP contribution in [0, 0.1) is 0 Å². The lowest BCUT2D eigenvalue weighted by Gasteiger charge is -2.11. The van der Waals surface area contributed by atoms with E-state index in [1.807, 2.05) is 6.20 Å². The van der Waals surface area contributed by atoms with Crippen LogP contribution in [0.2, 0.25) is 0 Å². The maximum Gasteiger partial charge on any atom is 0.316 e. The lowest BCUT2D eigenvalue weighted by atomic mass is 10.3. The third kappa shape index (κ3) is 4.69. The molecular formula is C11H19N5O. The zero-order chi connectivity index (χ0) is 12.7. The van der Waals surface area contributed by atoms with E-state index < -0.39 is 0 Å². The fourth-order valence-corrected chi connectivity index (χ4v) is 1.22. The summed E-state index contributed by atoms with van der Waals surface area (Å²) in [6.45, 7) is 5.67. The van der Waals surface area contributed by atoms with Gasteiger partial charge in [-0.3, -0.25) is 0 Å². The second-order valence-corrected chi connectivity index (χ2v) is 3.81. The molecule has 94 valence electrons. The van der Waals surface area contributed by atoms with Gasteiger partial charge in [0.1, 0.15) is 0 Å². The Morgan fingerprint density at radius 1 is 1.59 bits per heavy atom. The fraction of sp³-hybridized carbons (Fsp3) is 0.455. The van der Waals surface area contributed by atoms with Crippen molar-refractivity contribution in [2.24, 2.45) is 0 Å². The van der Waals surface area contributed by atoms with Crippen LogP contribution >= 0.6 is 0 Å². The average molecular weight is 237 g/mol. The van der Waals surface area contributed by atoms with Crippen molar-refractivity contribution in [1.29, 1.82) is 0 Å². The molecule has 0 bridgehead atoms. The van der Waals surface area contributed by atoms with Crippen LogP contribution in [-0.2, 0) is 6.54 Å². The van der Waals surface area contributed by atoms with E-state index in [9.17, 15) is 4.79 Å². The summed E-state index contributed by atoms with van der Waals surface area (Å²) in [6.07, 6.45) is 5.33. The van der Waals surface area contributed by atoms with Crippen LogP contribution in [0.15, 0.2) is 19.0 Å². The molecule has 0 aromatic carbocycles. The Balaban J connectivity index is 2.12. The van der Waals surface area contributed by atoms with Crippen molar-refractivity contribution in [3.05, 3.63) is 24.5 Å². The third-order valence-electron chi connectivity index (χ3n) is 2.16. The molecule has 0 aliphatic carbocycles. The Kier molecular flexibility index (Phi) is 5.22. The summed E-state index contributed by atoms with van der Waals surface area (Å²) >= 11 is 0. The Morgan fingerprint density at radius 3 is 2.94 bits per heavy atom. The first-order chi connectivity index (χ1) is 8.13. The lowest BCUT2D eigenvalue weighted by Crippen LogP contribution is -2.38. The number of hydrogen-bond acceptors (Lipinski definition) is 3. The predicted molar refractivity (Wildman–Crippen MR) is 67.4 cm³/mol. The van der Waals surface area contributed by atoms with E-state index in [4.69, 9.17) is 0 Å². The fourth-order valence-electron chi connectivity index (χ4n) is 1.22. The van der Waals surface area contributed by atoms with Gasteiger partial charge >= 0.3 is 6.03 Å². The summed E-state index contributed by atoms with van der Waals surface area (Å²) in [7, 11) is 3.43. The first kappa shape index (κ1) is 13.2. The molecule has 2 N–H and O–H groups in total. The smallest absolute Gasteiger partial charge is 0.316 e. The molecule has 0 atom stereocenters. The number of nitrogens with zero attached hydrogens (tertiary/aromatic N) is 3. The van der Waals surface area contributed by atoms with Gasteiger partial charge in [-0.25, -0.2) is 9.48 Å². The van der Waals surface area contributed by atoms with E-state index in [0.29, 0.717) is 6.54 Å². The second-order valence-electron chi connectivity index (χ2n) is 3.81. The van der Waals surface area contributed by atoms with Gasteiger partial charge < -0.3 is 15.5 Å². The van der Waals surface area contributed by atoms with Crippen LogP contribution in [-0.4, -0.2) is 47.9 Å². The Morgan fingerprint density at radius 2 is 2.35 bits per heavy atom. The minimum Gasteiger partial charge on any atom is -0.337 e. The first-order valence-corrected chi connectivity index (χ1v) is 5.45. The molecule has 0 spiro atoms. The molecule has 0 radical (unpaired) electrons. The molecule has 2 amide bonds. The molecule has 6 nitrogen and oxygen atoms in total. The first-order valence-electron chi connectivity index (χ1n) is 5.45. The van der Waals surface area contributed by atoms with Crippen LogP contribution in [0.5, 0.6) is 0 Å². The largest absolute Gasteiger partial charge is 0.337 e. The van der Waals surface area contributed by atoms with Gasteiger partial charge in [0.05, 0.1) is 6.20 Å². The molecule has 6 heteroatoms. The standard InChI is InChI=1S/C11H19N5O/c1-4-16-9-10(8-14-16)7-12-5-6-13-11(17)15(2)3/h4,8-9,12H,1,5-7H2,2-3H3,(H,13,17). The molecule has 1 aromatic heterocycles. The molecule has 0 unspecified atom stereocenters. The van der Waals surface area contributed by atoms with Gasteiger partial charge in [-0.1, -0.05) is 6.58 Å². The number of carbonyl (C=O) groups is 1. The number of aromatic nitrogens is 2. The highest BCUT2D eigenvalue weighted by Gasteiger charge is 2.00. The normalized spacial score (nSPS) is 10.0. The lowest BCUT2D eigenvalue weighted by molar-refractivity contribution is 0.217. The molecule has 0 saturated heterocycles. The van der Waals surface area contributed by atoms with Gasteiger partial charge in [0.25, 0.3) is 0 Å². The van der Waals surface area contributed by atoms with Crippen LogP contribution in [0.4, 0.5) is 4.79 Å². The van der Waals surface area contributed by atoms with Crippen molar-refractivity contribution in [3.8, 4) is 0 Å². The van der Waals surface area contributed by atoms with Crippen molar-refractivity contribution >= 4 is 12.2 Å². The number of nitrogens with one attached hydrogen (secondary N) is 2. The van der Waals surface area contributed by atoms with Gasteiger partial charge in [-0.05, 0) is 0 Å². The molecule has 0 aliphatic rings. The van der Waals surface area contributed by atoms with E-state index in [1.54, 1.807) is 31.2 Å². The summed E-state index contributed by atoms with van der Waals surface area (Å²) < 4.78 is 1.66. The zero-order valence-electron chi connectivity index (χ0n) is 10.3. The molecule has 0 aliphatic heterocycles. The number of amides is 2. The van der Waals surface area contributed by atoms with E-state index in [-0.39, 0.29) is 6.03 Å². The van der Waals surface area contributed by atoms with Crippen LogP contribution < -0.4 is 10.6 Å². The van der Waals surface area contributed by atoms with Crippen molar-refractivity contribution in [1.82, 2.24) is 25.3 Å². The van der Waals surface area contributed by atoms with Gasteiger partial charge in [-0.2, -0.15) is 5.10 Å². The highest BCUT2D eigenvalue weighted by molar-refractivity contribution is 5.73. The maximum absolute atomic E-state index is 11.2. The summed E-state index contributed by atoms with van der Waals surface area (Å²) in [5.74, 6) is 0. The van der Waals surface area contributed by atoms with Gasteiger partial charge in [0, 0.05) is 51.7 Å². The van der Waals surface area contributed by atoms with Crippen LogP contribution in [0.25, 0.3) is 6.20 Å². The van der Waals surface area contributed by atoms with Gasteiger partial charge in [-0.15, -0.1) is 0 Å². The van der Waals surface area contributed by atoms with Crippen molar-refractivity contribution < 1.29 is 4.79 Å². The molecule has 0 fully saturated rings. The Hall–Kier alpha value is -1.82. The summed E-state index contributed by atoms with van der Waals surface area (Å²) in [5.41, 5.74) is 1.09. The number of urea groups is 1.